The van der Waals surface area contributed by atoms with Gasteiger partial charge in [-0.1, -0.05) is 18.2 Å². The van der Waals surface area contributed by atoms with Crippen molar-refractivity contribution in [2.24, 2.45) is 5.10 Å². The van der Waals surface area contributed by atoms with E-state index in [4.69, 9.17) is 0 Å². The van der Waals surface area contributed by atoms with Crippen LogP contribution < -0.4 is 15.6 Å². The summed E-state index contributed by atoms with van der Waals surface area (Å²) >= 11 is 0. The molecule has 0 fully saturated rings. The van der Waals surface area contributed by atoms with E-state index in [0.29, 0.717) is 5.56 Å². The fraction of sp³-hybridized carbons (Fsp3) is 0.263. The number of nitrogens with zero attached hydrogens (tertiary/aromatic N) is 2. The van der Waals surface area contributed by atoms with Crippen LogP contribution in [0.25, 0.3) is 0 Å². The van der Waals surface area contributed by atoms with Crippen LogP contribution in [0, 0.1) is 0 Å². The number of hydrazone groups is 1. The second-order valence-corrected chi connectivity index (χ2v) is 5.43. The monoisotopic (exact) mass is 340 g/mol. The number of aromatic hydroxyl groups is 1. The molecule has 0 aliphatic heterocycles. The van der Waals surface area contributed by atoms with E-state index in [9.17, 15) is 9.90 Å². The average molecular weight is 340 g/mol. The van der Waals surface area contributed by atoms with Crippen molar-refractivity contribution in [1.82, 2.24) is 5.43 Å². The minimum Gasteiger partial charge on any atom is -0.507 e. The van der Waals surface area contributed by atoms with Crippen LogP contribution in [0.1, 0.15) is 19.4 Å². The van der Waals surface area contributed by atoms with Crippen molar-refractivity contribution in [3.8, 4) is 5.75 Å². The molecule has 25 heavy (non-hydrogen) atoms. The summed E-state index contributed by atoms with van der Waals surface area (Å²) in [5.41, 5.74) is 4.80. The number of benzene rings is 2. The molecule has 6 heteroatoms. The molecule has 0 heterocycles. The van der Waals surface area contributed by atoms with E-state index in [0.717, 1.165) is 24.5 Å². The predicted molar refractivity (Wildman–Crippen MR) is 102 cm³/mol. The largest absolute Gasteiger partial charge is 0.507 e. The highest BCUT2D eigenvalue weighted by Gasteiger charge is 2.06. The smallest absolute Gasteiger partial charge is 0.259 e. The predicted octanol–water partition coefficient (Wildman–Crippen LogP) is 2.80. The van der Waals surface area contributed by atoms with Gasteiger partial charge < -0.3 is 15.3 Å². The van der Waals surface area contributed by atoms with Crippen molar-refractivity contribution in [1.29, 1.82) is 0 Å². The van der Waals surface area contributed by atoms with Crippen LogP contribution >= 0.6 is 0 Å². The van der Waals surface area contributed by atoms with Gasteiger partial charge in [-0.25, -0.2) is 5.43 Å². The first kappa shape index (κ1) is 18.3. The third kappa shape index (κ3) is 5.53. The van der Waals surface area contributed by atoms with Crippen LogP contribution in [0.3, 0.4) is 0 Å². The summed E-state index contributed by atoms with van der Waals surface area (Å²) in [6.07, 6.45) is 1.43. The molecule has 0 atom stereocenters. The second-order valence-electron chi connectivity index (χ2n) is 5.43. The van der Waals surface area contributed by atoms with Gasteiger partial charge in [0, 0.05) is 36.1 Å². The number of phenolic OH excluding ortho intramolecular Hbond substituents is 1. The van der Waals surface area contributed by atoms with E-state index in [-0.39, 0.29) is 18.2 Å². The molecule has 0 aliphatic rings. The molecule has 2 rings (SSSR count). The van der Waals surface area contributed by atoms with Crippen LogP contribution in [0.15, 0.2) is 53.6 Å². The average Bonchev–Trinajstić information content (AvgIpc) is 2.63. The number of amides is 1. The Morgan fingerprint density at radius 3 is 2.52 bits per heavy atom. The van der Waals surface area contributed by atoms with Crippen molar-refractivity contribution >= 4 is 23.5 Å². The molecule has 0 aromatic heterocycles. The lowest BCUT2D eigenvalue weighted by atomic mass is 10.2. The molecule has 1 amide bonds. The lowest BCUT2D eigenvalue weighted by molar-refractivity contribution is -0.119. The highest BCUT2D eigenvalue weighted by atomic mass is 16.3. The number of phenols is 1. The topological polar surface area (TPSA) is 77.0 Å². The van der Waals surface area contributed by atoms with Crippen LogP contribution in [0.5, 0.6) is 5.75 Å². The summed E-state index contributed by atoms with van der Waals surface area (Å²) in [5.74, 6) is -0.135. The molecule has 0 radical (unpaired) electrons. The van der Waals surface area contributed by atoms with Crippen LogP contribution in [0.4, 0.5) is 11.4 Å². The molecule has 0 spiro atoms. The third-order valence-electron chi connectivity index (χ3n) is 3.76. The van der Waals surface area contributed by atoms with Crippen LogP contribution in [-0.2, 0) is 4.79 Å². The van der Waals surface area contributed by atoms with Gasteiger partial charge in [0.15, 0.2) is 0 Å². The second kappa shape index (κ2) is 9.32. The van der Waals surface area contributed by atoms with E-state index in [1.807, 2.05) is 36.4 Å². The van der Waals surface area contributed by atoms with Gasteiger partial charge in [0.1, 0.15) is 5.75 Å². The standard InChI is InChI=1S/C19H24N4O2/c1-3-23(4-2)17-11-10-15(18(24)12-17)13-21-22-19(25)14-20-16-8-6-5-7-9-16/h5-13,20,24H,3-4,14H2,1-2H3,(H,22,25). The van der Waals surface area contributed by atoms with Gasteiger partial charge >= 0.3 is 0 Å². The van der Waals surface area contributed by atoms with Crippen molar-refractivity contribution in [2.75, 3.05) is 29.9 Å². The number of hydrogen-bond donors (Lipinski definition) is 3. The molecule has 2 aromatic rings. The maximum atomic E-state index is 11.8. The quantitative estimate of drug-likeness (QED) is 0.510. The molecule has 0 aliphatic carbocycles. The number of nitrogens with one attached hydrogen (secondary N) is 2. The Morgan fingerprint density at radius 1 is 1.16 bits per heavy atom. The van der Waals surface area contributed by atoms with Gasteiger partial charge in [0.2, 0.25) is 0 Å². The van der Waals surface area contributed by atoms with Crippen molar-refractivity contribution in [3.05, 3.63) is 54.1 Å². The summed E-state index contributed by atoms with van der Waals surface area (Å²) < 4.78 is 0. The van der Waals surface area contributed by atoms with E-state index in [1.165, 1.54) is 6.21 Å². The minimum absolute atomic E-state index is 0.119. The molecule has 0 bridgehead atoms. The molecule has 0 saturated carbocycles. The molecule has 0 unspecified atom stereocenters. The number of carbonyl (C=O) groups is 1. The van der Waals surface area contributed by atoms with E-state index in [2.05, 4.69) is 34.6 Å². The summed E-state index contributed by atoms with van der Waals surface area (Å²) in [6.45, 7) is 5.99. The van der Waals surface area contributed by atoms with Crippen LogP contribution in [-0.4, -0.2) is 36.9 Å². The number of para-hydroxylation sites is 1. The maximum absolute atomic E-state index is 11.8. The Morgan fingerprint density at radius 2 is 1.88 bits per heavy atom. The van der Waals surface area contributed by atoms with Gasteiger partial charge in [-0.3, -0.25) is 4.79 Å². The number of hydrogen-bond acceptors (Lipinski definition) is 5. The van der Waals surface area contributed by atoms with Gasteiger partial charge in [-0.15, -0.1) is 0 Å². The fourth-order valence-electron chi connectivity index (χ4n) is 2.38. The first-order valence-corrected chi connectivity index (χ1v) is 8.32. The number of anilines is 2. The summed E-state index contributed by atoms with van der Waals surface area (Å²) in [6, 6.07) is 14.9. The normalized spacial score (nSPS) is 10.6. The molecule has 3 N–H and O–H groups in total. The Labute approximate surface area is 148 Å². The van der Waals surface area contributed by atoms with Crippen LogP contribution in [0.2, 0.25) is 0 Å². The minimum atomic E-state index is -0.264. The third-order valence-corrected chi connectivity index (χ3v) is 3.76. The van der Waals surface area contributed by atoms with E-state index >= 15 is 0 Å². The zero-order valence-electron chi connectivity index (χ0n) is 14.6. The zero-order chi connectivity index (χ0) is 18.1. The summed E-state index contributed by atoms with van der Waals surface area (Å²) in [4.78, 5) is 13.9. The molecule has 0 saturated heterocycles. The number of rotatable bonds is 8. The van der Waals surface area contributed by atoms with Crippen molar-refractivity contribution in [2.45, 2.75) is 13.8 Å². The molecule has 2 aromatic carbocycles. The van der Waals surface area contributed by atoms with E-state index < -0.39 is 0 Å². The Kier molecular flexibility index (Phi) is 6.83. The van der Waals surface area contributed by atoms with Gasteiger partial charge in [0.05, 0.1) is 12.8 Å². The molecular formula is C19H24N4O2. The highest BCUT2D eigenvalue weighted by Crippen LogP contribution is 2.23. The lowest BCUT2D eigenvalue weighted by Crippen LogP contribution is -2.25. The molecule has 132 valence electrons. The highest BCUT2D eigenvalue weighted by molar-refractivity contribution is 5.86. The summed E-state index contributed by atoms with van der Waals surface area (Å²) in [7, 11) is 0. The molecule has 6 nitrogen and oxygen atoms in total. The first-order valence-electron chi connectivity index (χ1n) is 8.32. The lowest BCUT2D eigenvalue weighted by Gasteiger charge is -2.21. The van der Waals surface area contributed by atoms with Crippen molar-refractivity contribution in [3.63, 3.8) is 0 Å². The molecular weight excluding hydrogens is 316 g/mol. The van der Waals surface area contributed by atoms with Gasteiger partial charge in [0.25, 0.3) is 5.91 Å². The first-order chi connectivity index (χ1) is 12.1. The van der Waals surface area contributed by atoms with Gasteiger partial charge in [-0.2, -0.15) is 5.10 Å². The Balaban J connectivity index is 1.87. The fourth-order valence-corrected chi connectivity index (χ4v) is 2.38. The Hall–Kier alpha value is -3.02. The van der Waals surface area contributed by atoms with Crippen molar-refractivity contribution < 1.29 is 9.90 Å². The summed E-state index contributed by atoms with van der Waals surface area (Å²) in [5, 5.41) is 17.0. The zero-order valence-corrected chi connectivity index (χ0v) is 14.6. The maximum Gasteiger partial charge on any atom is 0.259 e. The Bertz CT molecular complexity index is 713. The van der Waals surface area contributed by atoms with E-state index in [1.54, 1.807) is 12.1 Å². The van der Waals surface area contributed by atoms with Gasteiger partial charge in [-0.05, 0) is 38.1 Å². The SMILES string of the molecule is CCN(CC)c1ccc(C=NNC(=O)CNc2ccccc2)c(O)c1. The number of carbonyl (C=O) groups excluding carboxylic acids is 1.